The van der Waals surface area contributed by atoms with Crippen molar-refractivity contribution >= 4 is 0 Å². The molecule has 0 aromatic heterocycles. The Morgan fingerprint density at radius 1 is 1.13 bits per heavy atom. The molecule has 2 unspecified atom stereocenters. The van der Waals surface area contributed by atoms with E-state index in [2.05, 4.69) is 50.3 Å². The lowest BCUT2D eigenvalue weighted by atomic mass is 9.79. The third-order valence-corrected chi connectivity index (χ3v) is 3.28. The fourth-order valence-corrected chi connectivity index (χ4v) is 2.33. The van der Waals surface area contributed by atoms with Crippen LogP contribution in [0.4, 0.5) is 0 Å². The molecule has 15 heavy (non-hydrogen) atoms. The molecule has 0 heterocycles. The van der Waals surface area contributed by atoms with Gasteiger partial charge in [-0.15, -0.1) is 0 Å². The number of hydrogen-bond acceptors (Lipinski definition) is 1. The van der Waals surface area contributed by atoms with E-state index in [4.69, 9.17) is 5.73 Å². The maximum absolute atomic E-state index is 5.90. The van der Waals surface area contributed by atoms with Crippen LogP contribution < -0.4 is 5.73 Å². The van der Waals surface area contributed by atoms with E-state index in [1.54, 1.807) is 0 Å². The normalized spacial score (nSPS) is 30.5. The Labute approximate surface area is 92.0 Å². The minimum atomic E-state index is 0.252. The minimum absolute atomic E-state index is 0.252. The number of nitrogens with two attached hydrogens (primary N) is 1. The van der Waals surface area contributed by atoms with Gasteiger partial charge in [-0.2, -0.15) is 0 Å². The van der Waals surface area contributed by atoms with Gasteiger partial charge in [0.15, 0.2) is 0 Å². The highest BCUT2D eigenvalue weighted by Crippen LogP contribution is 2.32. The highest BCUT2D eigenvalue weighted by atomic mass is 14.6. The van der Waals surface area contributed by atoms with Crippen molar-refractivity contribution in [3.05, 3.63) is 47.5 Å². The fourth-order valence-electron chi connectivity index (χ4n) is 2.33. The van der Waals surface area contributed by atoms with E-state index < -0.39 is 0 Å². The summed E-state index contributed by atoms with van der Waals surface area (Å²) >= 11 is 0. The summed E-state index contributed by atoms with van der Waals surface area (Å²) in [4.78, 5) is 0. The summed E-state index contributed by atoms with van der Waals surface area (Å²) in [6, 6.07) is 9.09. The van der Waals surface area contributed by atoms with Crippen LogP contribution in [0.3, 0.4) is 0 Å². The van der Waals surface area contributed by atoms with Crippen molar-refractivity contribution in [3.63, 3.8) is 0 Å². The Kier molecular flexibility index (Phi) is 2.92. The van der Waals surface area contributed by atoms with Gasteiger partial charge in [0, 0.05) is 12.0 Å². The summed E-state index contributed by atoms with van der Waals surface area (Å²) < 4.78 is 0. The monoisotopic (exact) mass is 201 g/mol. The standard InChI is InChI=1S/C14H19N/c1-10-3-5-12(6-4-10)14-8-7-13(15)9-11(14)2/h3-8,11,13-14H,9,15H2,1-2H3/t11?,13-,14?/m1/s1. The number of rotatable bonds is 1. The van der Waals surface area contributed by atoms with E-state index in [0.717, 1.165) is 6.42 Å². The Bertz CT molecular complexity index is 350. The van der Waals surface area contributed by atoms with Crippen LogP contribution in [0.1, 0.15) is 30.4 Å². The number of aryl methyl sites for hydroxylation is 1. The van der Waals surface area contributed by atoms with Gasteiger partial charge in [-0.25, -0.2) is 0 Å². The Hall–Kier alpha value is -1.08. The second-order valence-electron chi connectivity index (χ2n) is 4.70. The van der Waals surface area contributed by atoms with Crippen LogP contribution in [-0.2, 0) is 0 Å². The first-order chi connectivity index (χ1) is 7.16. The summed E-state index contributed by atoms with van der Waals surface area (Å²) in [7, 11) is 0. The number of allylic oxidation sites excluding steroid dienone is 1. The number of benzene rings is 1. The molecule has 1 aliphatic carbocycles. The molecule has 0 saturated carbocycles. The SMILES string of the molecule is Cc1ccc(C2C=C[C@@H](N)CC2C)cc1. The lowest BCUT2D eigenvalue weighted by molar-refractivity contribution is 0.439. The summed E-state index contributed by atoms with van der Waals surface area (Å²) in [5.41, 5.74) is 8.64. The highest BCUT2D eigenvalue weighted by molar-refractivity contribution is 5.29. The molecule has 1 heteroatoms. The molecule has 3 atom stereocenters. The van der Waals surface area contributed by atoms with Gasteiger partial charge in [-0.1, -0.05) is 48.9 Å². The topological polar surface area (TPSA) is 26.0 Å². The van der Waals surface area contributed by atoms with Gasteiger partial charge >= 0.3 is 0 Å². The Morgan fingerprint density at radius 3 is 2.40 bits per heavy atom. The zero-order valence-electron chi connectivity index (χ0n) is 9.48. The quantitative estimate of drug-likeness (QED) is 0.694. The molecule has 0 aliphatic heterocycles. The zero-order valence-corrected chi connectivity index (χ0v) is 9.48. The van der Waals surface area contributed by atoms with Crippen molar-refractivity contribution in [1.29, 1.82) is 0 Å². The molecular formula is C14H19N. The van der Waals surface area contributed by atoms with Gasteiger partial charge in [0.2, 0.25) is 0 Å². The maximum Gasteiger partial charge on any atom is 0.0226 e. The molecule has 2 N–H and O–H groups in total. The summed E-state index contributed by atoms with van der Waals surface area (Å²) in [6.45, 7) is 4.41. The van der Waals surface area contributed by atoms with E-state index in [1.165, 1.54) is 11.1 Å². The van der Waals surface area contributed by atoms with E-state index in [0.29, 0.717) is 11.8 Å². The van der Waals surface area contributed by atoms with Gasteiger partial charge in [0.25, 0.3) is 0 Å². The molecule has 80 valence electrons. The van der Waals surface area contributed by atoms with Crippen molar-refractivity contribution in [2.24, 2.45) is 11.7 Å². The van der Waals surface area contributed by atoms with Gasteiger partial charge in [0.1, 0.15) is 0 Å². The molecule has 1 aliphatic rings. The van der Waals surface area contributed by atoms with Gasteiger partial charge in [-0.3, -0.25) is 0 Å². The third-order valence-electron chi connectivity index (χ3n) is 3.28. The summed E-state index contributed by atoms with van der Waals surface area (Å²) in [6.07, 6.45) is 5.50. The molecule has 0 fully saturated rings. The Morgan fingerprint density at radius 2 is 1.80 bits per heavy atom. The van der Waals surface area contributed by atoms with Crippen molar-refractivity contribution in [2.75, 3.05) is 0 Å². The molecule has 0 amide bonds. The molecule has 1 aromatic rings. The van der Waals surface area contributed by atoms with Crippen LogP contribution in [0.5, 0.6) is 0 Å². The van der Waals surface area contributed by atoms with Crippen LogP contribution in [0.15, 0.2) is 36.4 Å². The van der Waals surface area contributed by atoms with Gasteiger partial charge in [0.05, 0.1) is 0 Å². The van der Waals surface area contributed by atoms with Crippen molar-refractivity contribution in [2.45, 2.75) is 32.2 Å². The van der Waals surface area contributed by atoms with Crippen molar-refractivity contribution in [3.8, 4) is 0 Å². The van der Waals surface area contributed by atoms with Gasteiger partial charge in [-0.05, 0) is 24.8 Å². The zero-order chi connectivity index (χ0) is 10.8. The summed E-state index contributed by atoms with van der Waals surface area (Å²) in [5.74, 6) is 1.19. The van der Waals surface area contributed by atoms with Crippen molar-refractivity contribution < 1.29 is 0 Å². The molecule has 0 radical (unpaired) electrons. The van der Waals surface area contributed by atoms with Crippen LogP contribution in [0, 0.1) is 12.8 Å². The molecule has 0 bridgehead atoms. The lowest BCUT2D eigenvalue weighted by Crippen LogP contribution is -2.26. The average Bonchev–Trinajstić information content (AvgIpc) is 2.20. The lowest BCUT2D eigenvalue weighted by Gasteiger charge is -2.27. The molecule has 2 rings (SSSR count). The largest absolute Gasteiger partial charge is 0.324 e. The first-order valence-electron chi connectivity index (χ1n) is 5.67. The average molecular weight is 201 g/mol. The van der Waals surface area contributed by atoms with Gasteiger partial charge < -0.3 is 5.73 Å². The first kappa shape index (κ1) is 10.4. The molecule has 1 nitrogen and oxygen atoms in total. The van der Waals surface area contributed by atoms with Crippen LogP contribution >= 0.6 is 0 Å². The first-order valence-corrected chi connectivity index (χ1v) is 5.67. The maximum atomic E-state index is 5.90. The highest BCUT2D eigenvalue weighted by Gasteiger charge is 2.22. The van der Waals surface area contributed by atoms with Crippen LogP contribution in [0.25, 0.3) is 0 Å². The molecule has 1 aromatic carbocycles. The number of hydrogen-bond donors (Lipinski definition) is 1. The van der Waals surface area contributed by atoms with Crippen molar-refractivity contribution in [1.82, 2.24) is 0 Å². The van der Waals surface area contributed by atoms with E-state index in [1.807, 2.05) is 0 Å². The molecular weight excluding hydrogens is 182 g/mol. The fraction of sp³-hybridized carbons (Fsp3) is 0.429. The minimum Gasteiger partial charge on any atom is -0.324 e. The van der Waals surface area contributed by atoms with E-state index in [-0.39, 0.29) is 6.04 Å². The second-order valence-corrected chi connectivity index (χ2v) is 4.70. The smallest absolute Gasteiger partial charge is 0.0226 e. The van der Waals surface area contributed by atoms with E-state index >= 15 is 0 Å². The van der Waals surface area contributed by atoms with E-state index in [9.17, 15) is 0 Å². The molecule has 0 saturated heterocycles. The second kappa shape index (κ2) is 4.19. The third kappa shape index (κ3) is 2.29. The van der Waals surface area contributed by atoms with Crippen LogP contribution in [0.2, 0.25) is 0 Å². The molecule has 0 spiro atoms. The Balaban J connectivity index is 2.23. The summed E-state index contributed by atoms with van der Waals surface area (Å²) in [5, 5.41) is 0. The van der Waals surface area contributed by atoms with Crippen LogP contribution in [-0.4, -0.2) is 6.04 Å². The predicted octanol–water partition coefficient (Wildman–Crippen LogP) is 3.00. The predicted molar refractivity (Wildman–Crippen MR) is 64.8 cm³/mol.